The van der Waals surface area contributed by atoms with Gasteiger partial charge in [-0.25, -0.2) is 9.98 Å². The van der Waals surface area contributed by atoms with Crippen LogP contribution in [0.15, 0.2) is 41.4 Å². The number of imidazole rings is 1. The number of benzene rings is 2. The third-order valence-corrected chi connectivity index (χ3v) is 7.44. The quantitative estimate of drug-likeness (QED) is 0.487. The van der Waals surface area contributed by atoms with Gasteiger partial charge in [0.1, 0.15) is 12.4 Å². The maximum absolute atomic E-state index is 6.08. The van der Waals surface area contributed by atoms with Crippen molar-refractivity contribution in [1.29, 1.82) is 0 Å². The zero-order valence-electron chi connectivity index (χ0n) is 18.8. The number of aromatic nitrogens is 2. The van der Waals surface area contributed by atoms with E-state index in [0.29, 0.717) is 24.5 Å². The lowest BCUT2D eigenvalue weighted by Gasteiger charge is -2.25. The van der Waals surface area contributed by atoms with Crippen LogP contribution in [0.3, 0.4) is 0 Å². The summed E-state index contributed by atoms with van der Waals surface area (Å²) < 4.78 is 14.0. The fraction of sp³-hybridized carbons (Fsp3) is 0.481. The molecule has 3 aromatic rings. The highest BCUT2D eigenvalue weighted by atomic mass is 16.5. The predicted octanol–water partition coefficient (Wildman–Crippen LogP) is 6.35. The Labute approximate surface area is 189 Å². The molecule has 32 heavy (non-hydrogen) atoms. The van der Waals surface area contributed by atoms with Crippen LogP contribution in [0.25, 0.3) is 11.0 Å². The molecule has 2 fully saturated rings. The van der Waals surface area contributed by atoms with Crippen LogP contribution in [-0.4, -0.2) is 28.7 Å². The lowest BCUT2D eigenvalue weighted by molar-refractivity contribution is 0.0701. The van der Waals surface area contributed by atoms with Crippen molar-refractivity contribution in [2.24, 2.45) is 4.99 Å². The smallest absolute Gasteiger partial charge is 0.221 e. The zero-order valence-corrected chi connectivity index (χ0v) is 18.8. The lowest BCUT2D eigenvalue weighted by Crippen LogP contribution is -2.20. The summed E-state index contributed by atoms with van der Waals surface area (Å²) in [4.78, 5) is 9.82. The van der Waals surface area contributed by atoms with Crippen LogP contribution in [0.5, 0.6) is 0 Å². The molecule has 1 aromatic heterocycles. The van der Waals surface area contributed by atoms with Gasteiger partial charge in [-0.05, 0) is 68.4 Å². The number of aryl methyl sites for hydroxylation is 1. The first-order chi connectivity index (χ1) is 15.8. The van der Waals surface area contributed by atoms with Gasteiger partial charge >= 0.3 is 0 Å². The minimum atomic E-state index is 0.466. The topological polar surface area (TPSA) is 48.6 Å². The van der Waals surface area contributed by atoms with Gasteiger partial charge in [-0.1, -0.05) is 31.4 Å². The van der Waals surface area contributed by atoms with Crippen molar-refractivity contribution in [1.82, 2.24) is 9.55 Å². The molecule has 3 heterocycles. The fourth-order valence-electron chi connectivity index (χ4n) is 5.69. The van der Waals surface area contributed by atoms with Gasteiger partial charge in [-0.15, -0.1) is 0 Å². The average Bonchev–Trinajstić information content (AvgIpc) is 3.19. The third kappa shape index (κ3) is 3.62. The highest BCUT2D eigenvalue weighted by Gasteiger charge is 2.23. The highest BCUT2D eigenvalue weighted by Crippen LogP contribution is 2.37. The molecule has 1 saturated heterocycles. The molecule has 0 bridgehead atoms. The number of hydrogen-bond acceptors (Lipinski definition) is 4. The zero-order chi connectivity index (χ0) is 21.5. The highest BCUT2D eigenvalue weighted by molar-refractivity contribution is 5.99. The summed E-state index contributed by atoms with van der Waals surface area (Å²) in [6.45, 7) is 4.34. The van der Waals surface area contributed by atoms with Crippen LogP contribution in [0.4, 0.5) is 5.69 Å². The molecule has 2 aliphatic heterocycles. The summed E-state index contributed by atoms with van der Waals surface area (Å²) in [6, 6.07) is 13.7. The van der Waals surface area contributed by atoms with Crippen LogP contribution in [0.2, 0.25) is 0 Å². The van der Waals surface area contributed by atoms with E-state index < -0.39 is 0 Å². The van der Waals surface area contributed by atoms with Crippen molar-refractivity contribution in [3.05, 3.63) is 58.9 Å². The van der Waals surface area contributed by atoms with E-state index in [1.807, 2.05) is 0 Å². The molecule has 166 valence electrons. The molecule has 5 nitrogen and oxygen atoms in total. The third-order valence-electron chi connectivity index (χ3n) is 7.44. The molecule has 0 radical (unpaired) electrons. The number of aliphatic imine (C=N–C) groups is 1. The molecule has 2 aromatic carbocycles. The largest absolute Gasteiger partial charge is 0.472 e. The van der Waals surface area contributed by atoms with E-state index in [1.54, 1.807) is 0 Å². The number of rotatable bonds is 3. The van der Waals surface area contributed by atoms with Crippen molar-refractivity contribution in [3.63, 3.8) is 0 Å². The van der Waals surface area contributed by atoms with Crippen LogP contribution in [-0.2, 0) is 16.1 Å². The molecule has 3 aliphatic rings. The van der Waals surface area contributed by atoms with Gasteiger partial charge in [0.05, 0.1) is 16.7 Å². The minimum absolute atomic E-state index is 0.466. The normalized spacial score (nSPS) is 20.1. The Balaban J connectivity index is 1.32. The molecule has 1 aliphatic carbocycles. The van der Waals surface area contributed by atoms with Crippen molar-refractivity contribution >= 4 is 22.6 Å². The van der Waals surface area contributed by atoms with Gasteiger partial charge in [-0.2, -0.15) is 0 Å². The first kappa shape index (κ1) is 20.0. The Morgan fingerprint density at radius 3 is 2.62 bits per heavy atom. The Morgan fingerprint density at radius 2 is 1.78 bits per heavy atom. The summed E-state index contributed by atoms with van der Waals surface area (Å²) in [6.07, 6.45) is 8.77. The van der Waals surface area contributed by atoms with E-state index in [-0.39, 0.29) is 0 Å². The Kier molecular flexibility index (Phi) is 5.22. The second kappa shape index (κ2) is 8.36. The number of ether oxygens (including phenoxy) is 2. The van der Waals surface area contributed by atoms with Crippen molar-refractivity contribution in [2.45, 2.75) is 70.4 Å². The maximum atomic E-state index is 6.08. The predicted molar refractivity (Wildman–Crippen MR) is 127 cm³/mol. The Bertz CT molecular complexity index is 1170. The van der Waals surface area contributed by atoms with E-state index in [2.05, 4.69) is 47.9 Å². The second-order valence-corrected chi connectivity index (χ2v) is 9.50. The van der Waals surface area contributed by atoms with Crippen LogP contribution >= 0.6 is 0 Å². The molecular formula is C27H31N3O2. The summed E-state index contributed by atoms with van der Waals surface area (Å²) in [5.74, 6) is 2.46. The molecule has 0 atom stereocenters. The van der Waals surface area contributed by atoms with Gasteiger partial charge in [0.25, 0.3) is 0 Å². The van der Waals surface area contributed by atoms with Gasteiger partial charge < -0.3 is 14.0 Å². The summed E-state index contributed by atoms with van der Waals surface area (Å²) in [5.41, 5.74) is 6.89. The van der Waals surface area contributed by atoms with Crippen molar-refractivity contribution in [3.8, 4) is 0 Å². The molecule has 1 saturated carbocycles. The minimum Gasteiger partial charge on any atom is -0.472 e. The van der Waals surface area contributed by atoms with Crippen molar-refractivity contribution < 1.29 is 9.47 Å². The molecule has 0 amide bonds. The van der Waals surface area contributed by atoms with E-state index in [0.717, 1.165) is 48.6 Å². The van der Waals surface area contributed by atoms with Crippen LogP contribution < -0.4 is 0 Å². The second-order valence-electron chi connectivity index (χ2n) is 9.50. The fourth-order valence-corrected chi connectivity index (χ4v) is 5.69. The Hall–Kier alpha value is -2.66. The van der Waals surface area contributed by atoms with Gasteiger partial charge in [0.15, 0.2) is 0 Å². The summed E-state index contributed by atoms with van der Waals surface area (Å²) in [7, 11) is 0. The molecule has 0 N–H and O–H groups in total. The summed E-state index contributed by atoms with van der Waals surface area (Å²) >= 11 is 0. The average molecular weight is 430 g/mol. The molecule has 5 heteroatoms. The van der Waals surface area contributed by atoms with E-state index in [4.69, 9.17) is 19.5 Å². The molecule has 0 spiro atoms. The number of hydrogen-bond donors (Lipinski definition) is 0. The first-order valence-electron chi connectivity index (χ1n) is 12.2. The SMILES string of the molecule is Cc1nc2cc(C3=Nc4cc(C5CCCCC5)ccc4CO3)ccc2n1C1CCOCC1. The summed E-state index contributed by atoms with van der Waals surface area (Å²) in [5, 5.41) is 0. The first-order valence-corrected chi connectivity index (χ1v) is 12.2. The van der Waals surface area contributed by atoms with Crippen LogP contribution in [0, 0.1) is 6.92 Å². The van der Waals surface area contributed by atoms with E-state index >= 15 is 0 Å². The molecule has 6 rings (SSSR count). The molecular weight excluding hydrogens is 398 g/mol. The van der Waals surface area contributed by atoms with Gasteiger partial charge in [0.2, 0.25) is 5.90 Å². The van der Waals surface area contributed by atoms with Gasteiger partial charge in [-0.3, -0.25) is 0 Å². The standard InChI is InChI=1S/C27H31N3O2/c1-18-28-25-16-21(9-10-26(25)30(18)23-11-13-31-14-12-23)27-29-24-15-20(7-8-22(24)17-32-27)19-5-3-2-4-6-19/h7-10,15-16,19,23H,2-6,11-14,17H2,1H3. The number of nitrogens with zero attached hydrogens (tertiary/aromatic N) is 3. The maximum Gasteiger partial charge on any atom is 0.221 e. The Morgan fingerprint density at radius 1 is 0.938 bits per heavy atom. The van der Waals surface area contributed by atoms with E-state index in [9.17, 15) is 0 Å². The van der Waals surface area contributed by atoms with Crippen LogP contribution in [0.1, 0.15) is 79.4 Å². The number of fused-ring (bicyclic) bond motifs is 2. The van der Waals surface area contributed by atoms with Crippen molar-refractivity contribution in [2.75, 3.05) is 13.2 Å². The van der Waals surface area contributed by atoms with Gasteiger partial charge in [0, 0.05) is 30.4 Å². The van der Waals surface area contributed by atoms with E-state index in [1.165, 1.54) is 48.7 Å². The monoisotopic (exact) mass is 429 g/mol. The lowest BCUT2D eigenvalue weighted by atomic mass is 9.83. The molecule has 0 unspecified atom stereocenters.